The molecule has 1 aromatic carbocycles. The second-order valence-corrected chi connectivity index (χ2v) is 10.9. The van der Waals surface area contributed by atoms with Crippen LogP contribution in [0.1, 0.15) is 65.7 Å². The molecule has 4 heterocycles. The van der Waals surface area contributed by atoms with Crippen LogP contribution >= 0.6 is 0 Å². The maximum atomic E-state index is 13.2. The highest BCUT2D eigenvalue weighted by Gasteiger charge is 2.26. The quantitative estimate of drug-likeness (QED) is 0.380. The first-order valence-electron chi connectivity index (χ1n) is 13.7. The maximum Gasteiger partial charge on any atom is 0.261 e. The molecule has 2 fully saturated rings. The van der Waals surface area contributed by atoms with Gasteiger partial charge in [0.1, 0.15) is 5.82 Å². The molecule has 1 atom stereocenters. The Labute approximate surface area is 213 Å². The lowest BCUT2D eigenvalue weighted by Gasteiger charge is -2.18. The molecule has 3 aromatic rings. The Kier molecular flexibility index (Phi) is 7.17. The third-order valence-corrected chi connectivity index (χ3v) is 7.65. The Bertz CT molecular complexity index is 1270. The Morgan fingerprint density at radius 3 is 2.58 bits per heavy atom. The van der Waals surface area contributed by atoms with Crippen LogP contribution in [0.4, 0.5) is 11.5 Å². The third kappa shape index (κ3) is 4.93. The van der Waals surface area contributed by atoms with Gasteiger partial charge in [0.25, 0.3) is 5.56 Å². The second kappa shape index (κ2) is 10.5. The predicted molar refractivity (Wildman–Crippen MR) is 146 cm³/mol. The van der Waals surface area contributed by atoms with Crippen molar-refractivity contribution < 1.29 is 4.79 Å². The van der Waals surface area contributed by atoms with Crippen molar-refractivity contribution in [3.63, 3.8) is 0 Å². The SMILES string of the molecule is CCCCCn1c(-c2ccc(N3CCCC3=O)cc2)cn2c(=O)cc(N3CCC(CC(C)C)C3)nc12. The fourth-order valence-corrected chi connectivity index (χ4v) is 5.84. The minimum absolute atomic E-state index is 0.0305. The van der Waals surface area contributed by atoms with Crippen molar-refractivity contribution in [3.8, 4) is 11.3 Å². The zero-order valence-electron chi connectivity index (χ0n) is 21.9. The summed E-state index contributed by atoms with van der Waals surface area (Å²) in [4.78, 5) is 34.6. The van der Waals surface area contributed by atoms with Crippen LogP contribution in [0.2, 0.25) is 0 Å². The number of unbranched alkanes of at least 4 members (excludes halogenated alkanes) is 2. The number of anilines is 2. The van der Waals surface area contributed by atoms with Gasteiger partial charge in [-0.1, -0.05) is 45.7 Å². The normalized spacial score (nSPS) is 18.3. The van der Waals surface area contributed by atoms with Gasteiger partial charge in [0.2, 0.25) is 11.7 Å². The first kappa shape index (κ1) is 24.6. The molecule has 2 aliphatic heterocycles. The molecular formula is C29H39N5O2. The van der Waals surface area contributed by atoms with Gasteiger partial charge in [-0.2, -0.15) is 4.98 Å². The number of aryl methyl sites for hydroxylation is 1. The van der Waals surface area contributed by atoms with Gasteiger partial charge in [-0.15, -0.1) is 0 Å². The molecular weight excluding hydrogens is 450 g/mol. The van der Waals surface area contributed by atoms with Gasteiger partial charge in [-0.3, -0.25) is 14.0 Å². The summed E-state index contributed by atoms with van der Waals surface area (Å²) in [5.74, 6) is 3.06. The van der Waals surface area contributed by atoms with Crippen LogP contribution in [0.15, 0.2) is 41.3 Å². The number of carbonyl (C=O) groups excluding carboxylic acids is 1. The first-order chi connectivity index (χ1) is 17.4. The van der Waals surface area contributed by atoms with Crippen LogP contribution < -0.4 is 15.4 Å². The maximum absolute atomic E-state index is 13.2. The van der Waals surface area contributed by atoms with E-state index in [2.05, 4.69) is 42.4 Å². The summed E-state index contributed by atoms with van der Waals surface area (Å²) in [5, 5.41) is 0. The number of aromatic nitrogens is 3. The van der Waals surface area contributed by atoms with Crippen LogP contribution in [0.5, 0.6) is 0 Å². The largest absolute Gasteiger partial charge is 0.356 e. The minimum Gasteiger partial charge on any atom is -0.356 e. The molecule has 0 aliphatic carbocycles. The average Bonchev–Trinajstić information content (AvgIpc) is 3.58. The van der Waals surface area contributed by atoms with E-state index in [0.29, 0.717) is 18.3 Å². The lowest BCUT2D eigenvalue weighted by atomic mass is 9.97. The van der Waals surface area contributed by atoms with E-state index in [0.717, 1.165) is 86.8 Å². The average molecular weight is 490 g/mol. The molecule has 0 bridgehead atoms. The zero-order valence-corrected chi connectivity index (χ0v) is 21.9. The summed E-state index contributed by atoms with van der Waals surface area (Å²) >= 11 is 0. The number of benzene rings is 1. The van der Waals surface area contributed by atoms with E-state index in [1.165, 1.54) is 6.42 Å². The molecule has 2 aliphatic rings. The minimum atomic E-state index is -0.0305. The lowest BCUT2D eigenvalue weighted by Crippen LogP contribution is -2.25. The van der Waals surface area contributed by atoms with Crippen molar-refractivity contribution in [2.45, 2.75) is 72.3 Å². The summed E-state index contributed by atoms with van der Waals surface area (Å²) < 4.78 is 3.91. The standard InChI is InChI=1S/C29H39N5O2/c1-4-5-6-14-33-25(23-9-11-24(12-10-23)32-15-7-8-27(32)35)20-34-28(36)18-26(30-29(33)34)31-16-13-22(19-31)17-21(2)3/h9-12,18,20-22H,4-8,13-17,19H2,1-3H3. The molecule has 2 aromatic heterocycles. The van der Waals surface area contributed by atoms with Crippen LogP contribution in [-0.4, -0.2) is 39.5 Å². The summed E-state index contributed by atoms with van der Waals surface area (Å²) in [6.45, 7) is 10.3. The number of carbonyl (C=O) groups is 1. The molecule has 1 unspecified atom stereocenters. The molecule has 0 N–H and O–H groups in total. The number of fused-ring (bicyclic) bond motifs is 1. The Morgan fingerprint density at radius 1 is 1.08 bits per heavy atom. The van der Waals surface area contributed by atoms with E-state index >= 15 is 0 Å². The highest BCUT2D eigenvalue weighted by atomic mass is 16.2. The molecule has 0 saturated carbocycles. The number of amides is 1. The third-order valence-electron chi connectivity index (χ3n) is 7.65. The molecule has 36 heavy (non-hydrogen) atoms. The molecule has 7 heteroatoms. The highest BCUT2D eigenvalue weighted by molar-refractivity contribution is 5.95. The van der Waals surface area contributed by atoms with Gasteiger partial charge < -0.3 is 14.4 Å². The van der Waals surface area contributed by atoms with E-state index in [4.69, 9.17) is 4.98 Å². The van der Waals surface area contributed by atoms with Crippen molar-refractivity contribution in [2.24, 2.45) is 11.8 Å². The van der Waals surface area contributed by atoms with Crippen molar-refractivity contribution >= 4 is 23.2 Å². The van der Waals surface area contributed by atoms with Gasteiger partial charge in [0.15, 0.2) is 0 Å². The fourth-order valence-electron chi connectivity index (χ4n) is 5.84. The summed E-state index contributed by atoms with van der Waals surface area (Å²) in [6.07, 6.45) is 9.15. The molecule has 5 rings (SSSR count). The predicted octanol–water partition coefficient (Wildman–Crippen LogP) is 5.35. The Morgan fingerprint density at radius 2 is 1.89 bits per heavy atom. The number of rotatable bonds is 9. The molecule has 192 valence electrons. The van der Waals surface area contributed by atoms with Crippen molar-refractivity contribution in [3.05, 3.63) is 46.9 Å². The van der Waals surface area contributed by atoms with Crippen LogP contribution in [0.25, 0.3) is 17.0 Å². The van der Waals surface area contributed by atoms with Crippen LogP contribution in [0.3, 0.4) is 0 Å². The van der Waals surface area contributed by atoms with Gasteiger partial charge >= 0.3 is 0 Å². The van der Waals surface area contributed by atoms with Crippen molar-refractivity contribution in [1.29, 1.82) is 0 Å². The lowest BCUT2D eigenvalue weighted by molar-refractivity contribution is -0.117. The summed E-state index contributed by atoms with van der Waals surface area (Å²) in [6, 6.07) is 9.87. The van der Waals surface area contributed by atoms with Crippen molar-refractivity contribution in [2.75, 3.05) is 29.4 Å². The summed E-state index contributed by atoms with van der Waals surface area (Å²) in [7, 11) is 0. The van der Waals surface area contributed by atoms with Crippen LogP contribution in [-0.2, 0) is 11.3 Å². The van der Waals surface area contributed by atoms with E-state index in [-0.39, 0.29) is 11.5 Å². The number of nitrogens with zero attached hydrogens (tertiary/aromatic N) is 5. The van der Waals surface area contributed by atoms with Gasteiger partial charge in [-0.25, -0.2) is 0 Å². The molecule has 2 saturated heterocycles. The number of hydrogen-bond donors (Lipinski definition) is 0. The highest BCUT2D eigenvalue weighted by Crippen LogP contribution is 2.30. The van der Waals surface area contributed by atoms with E-state index in [9.17, 15) is 9.59 Å². The smallest absolute Gasteiger partial charge is 0.261 e. The summed E-state index contributed by atoms with van der Waals surface area (Å²) in [5.41, 5.74) is 2.94. The zero-order chi connectivity index (χ0) is 25.2. The molecule has 0 radical (unpaired) electrons. The van der Waals surface area contributed by atoms with E-state index in [1.54, 1.807) is 10.5 Å². The molecule has 7 nitrogen and oxygen atoms in total. The number of imidazole rings is 1. The van der Waals surface area contributed by atoms with Crippen molar-refractivity contribution in [1.82, 2.24) is 14.0 Å². The van der Waals surface area contributed by atoms with E-state index < -0.39 is 0 Å². The number of hydrogen-bond acceptors (Lipinski definition) is 4. The topological polar surface area (TPSA) is 62.9 Å². The molecule has 1 amide bonds. The van der Waals surface area contributed by atoms with Gasteiger partial charge in [-0.05, 0) is 55.2 Å². The Hall–Kier alpha value is -3.09. The van der Waals surface area contributed by atoms with E-state index in [1.807, 2.05) is 23.2 Å². The molecule has 0 spiro atoms. The first-order valence-corrected chi connectivity index (χ1v) is 13.7. The monoisotopic (exact) mass is 489 g/mol. The second-order valence-electron chi connectivity index (χ2n) is 10.9. The van der Waals surface area contributed by atoms with Gasteiger partial charge in [0.05, 0.1) is 5.69 Å². The van der Waals surface area contributed by atoms with Crippen LogP contribution in [0, 0.1) is 11.8 Å². The fraction of sp³-hybridized carbons (Fsp3) is 0.552. The Balaban J connectivity index is 1.50. The van der Waals surface area contributed by atoms with Gasteiger partial charge in [0, 0.05) is 50.6 Å².